The van der Waals surface area contributed by atoms with Crippen molar-refractivity contribution in [2.24, 2.45) is 0 Å². The number of rotatable bonds is 3. The normalized spacial score (nSPS) is 14.7. The van der Waals surface area contributed by atoms with Gasteiger partial charge in [-0.2, -0.15) is 5.10 Å². The highest BCUT2D eigenvalue weighted by Crippen LogP contribution is 2.34. The van der Waals surface area contributed by atoms with E-state index < -0.39 is 0 Å². The number of furan rings is 1. The van der Waals surface area contributed by atoms with Crippen molar-refractivity contribution in [1.29, 1.82) is 0 Å². The van der Waals surface area contributed by atoms with E-state index in [-0.39, 0.29) is 0 Å². The van der Waals surface area contributed by atoms with Crippen LogP contribution in [0.1, 0.15) is 0 Å². The molecule has 4 heterocycles. The largest absolute Gasteiger partial charge is 0.454 e. The first-order chi connectivity index (χ1) is 14.9. The predicted molar refractivity (Wildman–Crippen MR) is 119 cm³/mol. The Kier molecular flexibility index (Phi) is 3.94. The summed E-state index contributed by atoms with van der Waals surface area (Å²) in [4.78, 5) is 9.34. The molecule has 0 bridgehead atoms. The zero-order valence-electron chi connectivity index (χ0n) is 16.5. The lowest BCUT2D eigenvalue weighted by Gasteiger charge is -2.37. The highest BCUT2D eigenvalue weighted by Gasteiger charge is 2.21. The van der Waals surface area contributed by atoms with Gasteiger partial charge in [0.15, 0.2) is 11.4 Å². The van der Waals surface area contributed by atoms with Gasteiger partial charge in [-0.25, -0.2) is 9.50 Å². The maximum absolute atomic E-state index is 6.20. The molecule has 1 fully saturated rings. The van der Waals surface area contributed by atoms with Crippen LogP contribution in [0.2, 0.25) is 0 Å². The summed E-state index contributed by atoms with van der Waals surface area (Å²) in [6, 6.07) is 22.9. The number of piperazine rings is 1. The minimum Gasteiger partial charge on any atom is -0.454 e. The molecule has 0 aliphatic carbocycles. The third-order valence-electron chi connectivity index (χ3n) is 5.81. The second kappa shape index (κ2) is 6.91. The standard InChI is InChI=1S/C24H21N5O/c1-2-6-18(7-3-1)27-12-14-28(15-13-27)20-8-4-9-22-19(20)16-23(30-22)21-17-25-24-10-5-11-26-29(21)24/h1-11,16-17H,12-15H2. The van der Waals surface area contributed by atoms with Crippen LogP contribution >= 0.6 is 0 Å². The van der Waals surface area contributed by atoms with Gasteiger partial charge in [0, 0.05) is 49.1 Å². The molecule has 5 aromatic rings. The van der Waals surface area contributed by atoms with Crippen molar-refractivity contribution >= 4 is 28.0 Å². The van der Waals surface area contributed by atoms with E-state index in [2.05, 4.69) is 68.4 Å². The van der Waals surface area contributed by atoms with Crippen molar-refractivity contribution in [2.75, 3.05) is 36.0 Å². The number of benzene rings is 2. The van der Waals surface area contributed by atoms with Gasteiger partial charge in [0.25, 0.3) is 0 Å². The Hall–Kier alpha value is -3.80. The van der Waals surface area contributed by atoms with Gasteiger partial charge in [0.2, 0.25) is 0 Å². The number of anilines is 2. The molecule has 0 atom stereocenters. The van der Waals surface area contributed by atoms with E-state index in [0.717, 1.165) is 54.2 Å². The first kappa shape index (κ1) is 17.1. The fourth-order valence-electron chi connectivity index (χ4n) is 4.29. The highest BCUT2D eigenvalue weighted by atomic mass is 16.3. The van der Waals surface area contributed by atoms with Gasteiger partial charge in [-0.15, -0.1) is 0 Å². The Balaban J connectivity index is 1.32. The van der Waals surface area contributed by atoms with Crippen LogP contribution in [0.3, 0.4) is 0 Å². The van der Waals surface area contributed by atoms with E-state index in [4.69, 9.17) is 4.42 Å². The number of fused-ring (bicyclic) bond motifs is 2. The second-order valence-electron chi connectivity index (χ2n) is 7.55. The quantitative estimate of drug-likeness (QED) is 0.451. The Morgan fingerprint density at radius 1 is 0.800 bits per heavy atom. The third-order valence-corrected chi connectivity index (χ3v) is 5.81. The average Bonchev–Trinajstić information content (AvgIpc) is 3.44. The third kappa shape index (κ3) is 2.80. The summed E-state index contributed by atoms with van der Waals surface area (Å²) >= 11 is 0. The summed E-state index contributed by atoms with van der Waals surface area (Å²) < 4.78 is 8.02. The van der Waals surface area contributed by atoms with Gasteiger partial charge in [-0.1, -0.05) is 24.3 Å². The molecule has 30 heavy (non-hydrogen) atoms. The number of hydrogen-bond donors (Lipinski definition) is 0. The van der Waals surface area contributed by atoms with Crippen LogP contribution in [0, 0.1) is 0 Å². The van der Waals surface area contributed by atoms with E-state index in [9.17, 15) is 0 Å². The minimum absolute atomic E-state index is 0.784. The lowest BCUT2D eigenvalue weighted by Crippen LogP contribution is -2.46. The Labute approximate surface area is 174 Å². The lowest BCUT2D eigenvalue weighted by molar-refractivity contribution is 0.625. The lowest BCUT2D eigenvalue weighted by atomic mass is 10.1. The van der Waals surface area contributed by atoms with E-state index in [1.165, 1.54) is 11.4 Å². The zero-order valence-corrected chi connectivity index (χ0v) is 16.5. The molecule has 6 rings (SSSR count). The van der Waals surface area contributed by atoms with Gasteiger partial charge in [-0.05, 0) is 42.5 Å². The summed E-state index contributed by atoms with van der Waals surface area (Å²) in [5, 5.41) is 5.55. The summed E-state index contributed by atoms with van der Waals surface area (Å²) in [7, 11) is 0. The van der Waals surface area contributed by atoms with Crippen LogP contribution in [0.15, 0.2) is 83.5 Å². The van der Waals surface area contributed by atoms with Crippen LogP contribution in [0.5, 0.6) is 0 Å². The van der Waals surface area contributed by atoms with Gasteiger partial charge in [0.1, 0.15) is 11.3 Å². The summed E-state index contributed by atoms with van der Waals surface area (Å²) in [5.41, 5.74) is 5.07. The maximum atomic E-state index is 6.20. The van der Waals surface area contributed by atoms with Crippen molar-refractivity contribution in [3.05, 3.63) is 79.1 Å². The van der Waals surface area contributed by atoms with Crippen molar-refractivity contribution < 1.29 is 4.42 Å². The van der Waals surface area contributed by atoms with Gasteiger partial charge in [-0.3, -0.25) is 0 Å². The molecule has 0 N–H and O–H groups in total. The van der Waals surface area contributed by atoms with Crippen molar-refractivity contribution in [1.82, 2.24) is 14.6 Å². The van der Waals surface area contributed by atoms with E-state index in [0.29, 0.717) is 0 Å². The minimum atomic E-state index is 0.784. The van der Waals surface area contributed by atoms with Crippen LogP contribution in [0.4, 0.5) is 11.4 Å². The summed E-state index contributed by atoms with van der Waals surface area (Å²) in [6.07, 6.45) is 3.58. The first-order valence-electron chi connectivity index (χ1n) is 10.2. The number of para-hydroxylation sites is 1. The molecule has 0 saturated carbocycles. The molecule has 1 aliphatic rings. The van der Waals surface area contributed by atoms with Crippen LogP contribution in [-0.2, 0) is 0 Å². The molecule has 1 aliphatic heterocycles. The molecule has 6 nitrogen and oxygen atoms in total. The van der Waals surface area contributed by atoms with Gasteiger partial charge in [0.05, 0.1) is 6.20 Å². The summed E-state index contributed by atoms with van der Waals surface area (Å²) in [5.74, 6) is 0.784. The van der Waals surface area contributed by atoms with Crippen molar-refractivity contribution in [2.45, 2.75) is 0 Å². The van der Waals surface area contributed by atoms with Crippen LogP contribution in [-0.4, -0.2) is 40.8 Å². The van der Waals surface area contributed by atoms with Crippen molar-refractivity contribution in [3.8, 4) is 11.5 Å². The molecule has 3 aromatic heterocycles. The van der Waals surface area contributed by atoms with E-state index in [1.54, 1.807) is 6.20 Å². The predicted octanol–water partition coefficient (Wildman–Crippen LogP) is 4.47. The SMILES string of the molecule is c1ccc(N2CCN(c3cccc4oc(-c5cnc6cccnn56)cc34)CC2)cc1. The van der Waals surface area contributed by atoms with Gasteiger partial charge < -0.3 is 14.2 Å². The molecule has 0 radical (unpaired) electrons. The zero-order chi connectivity index (χ0) is 19.9. The molecule has 148 valence electrons. The molecular weight excluding hydrogens is 374 g/mol. The number of nitrogens with zero attached hydrogens (tertiary/aromatic N) is 5. The van der Waals surface area contributed by atoms with Gasteiger partial charge >= 0.3 is 0 Å². The summed E-state index contributed by atoms with van der Waals surface area (Å²) in [6.45, 7) is 3.96. The van der Waals surface area contributed by atoms with Crippen LogP contribution < -0.4 is 9.80 Å². The van der Waals surface area contributed by atoms with E-state index >= 15 is 0 Å². The topological polar surface area (TPSA) is 49.8 Å². The Morgan fingerprint density at radius 3 is 2.50 bits per heavy atom. The average molecular weight is 395 g/mol. The smallest absolute Gasteiger partial charge is 0.155 e. The number of aromatic nitrogens is 3. The molecule has 6 heteroatoms. The molecular formula is C24H21N5O. The molecule has 1 saturated heterocycles. The monoisotopic (exact) mass is 395 g/mol. The van der Waals surface area contributed by atoms with Crippen LogP contribution in [0.25, 0.3) is 28.1 Å². The maximum Gasteiger partial charge on any atom is 0.155 e. The fraction of sp³-hybridized carbons (Fsp3) is 0.167. The Morgan fingerprint density at radius 2 is 1.63 bits per heavy atom. The van der Waals surface area contributed by atoms with E-state index in [1.807, 2.05) is 28.9 Å². The molecule has 2 aromatic carbocycles. The second-order valence-corrected chi connectivity index (χ2v) is 7.55. The Bertz CT molecular complexity index is 1320. The number of imidazole rings is 1. The first-order valence-corrected chi connectivity index (χ1v) is 10.2. The molecule has 0 spiro atoms. The number of hydrogen-bond acceptors (Lipinski definition) is 5. The molecule has 0 amide bonds. The van der Waals surface area contributed by atoms with Crippen molar-refractivity contribution in [3.63, 3.8) is 0 Å². The highest BCUT2D eigenvalue weighted by molar-refractivity contribution is 5.94. The molecule has 0 unspecified atom stereocenters. The fourth-order valence-corrected chi connectivity index (χ4v) is 4.29.